The van der Waals surface area contributed by atoms with Gasteiger partial charge in [-0.15, -0.1) is 0 Å². The van der Waals surface area contributed by atoms with Crippen LogP contribution in [0.4, 0.5) is 5.82 Å². The number of fused-ring (bicyclic) bond motifs is 1. The molecular weight excluding hydrogens is 284 g/mol. The third kappa shape index (κ3) is 2.30. The van der Waals surface area contributed by atoms with Crippen LogP contribution in [0.3, 0.4) is 0 Å². The molecule has 0 aliphatic heterocycles. The predicted octanol–water partition coefficient (Wildman–Crippen LogP) is 2.45. The molecular formula is C15H16N4O3. The van der Waals surface area contributed by atoms with Gasteiger partial charge in [-0.25, -0.2) is 4.98 Å². The lowest BCUT2D eigenvalue weighted by Gasteiger charge is -2.05. The lowest BCUT2D eigenvalue weighted by Crippen LogP contribution is -2.16. The highest BCUT2D eigenvalue weighted by atomic mass is 16.5. The number of aromatic nitrogens is 3. The lowest BCUT2D eigenvalue weighted by atomic mass is 10.2. The van der Waals surface area contributed by atoms with Gasteiger partial charge in [-0.2, -0.15) is 0 Å². The second-order valence-electron chi connectivity index (χ2n) is 4.81. The Kier molecular flexibility index (Phi) is 3.54. The predicted molar refractivity (Wildman–Crippen MR) is 80.3 cm³/mol. The van der Waals surface area contributed by atoms with E-state index >= 15 is 0 Å². The van der Waals surface area contributed by atoms with E-state index in [1.807, 2.05) is 19.1 Å². The third-order valence-electron chi connectivity index (χ3n) is 3.33. The highest BCUT2D eigenvalue weighted by Crippen LogP contribution is 2.23. The van der Waals surface area contributed by atoms with Gasteiger partial charge in [-0.3, -0.25) is 9.20 Å². The van der Waals surface area contributed by atoms with Crippen LogP contribution in [-0.2, 0) is 6.42 Å². The van der Waals surface area contributed by atoms with E-state index in [2.05, 4.69) is 15.5 Å². The highest BCUT2D eigenvalue weighted by molar-refractivity contribution is 6.04. The lowest BCUT2D eigenvalue weighted by molar-refractivity contribution is 0.101. The number of hydrogen-bond acceptors (Lipinski definition) is 5. The Labute approximate surface area is 126 Å². The quantitative estimate of drug-likeness (QED) is 0.800. The third-order valence-corrected chi connectivity index (χ3v) is 3.33. The monoisotopic (exact) mass is 300 g/mol. The number of amides is 1. The first-order chi connectivity index (χ1) is 10.6. The summed E-state index contributed by atoms with van der Waals surface area (Å²) in [4.78, 5) is 17.1. The van der Waals surface area contributed by atoms with Crippen molar-refractivity contribution in [2.75, 3.05) is 12.4 Å². The zero-order valence-corrected chi connectivity index (χ0v) is 12.6. The highest BCUT2D eigenvalue weighted by Gasteiger charge is 2.21. The Bertz CT molecular complexity index is 835. The van der Waals surface area contributed by atoms with Gasteiger partial charge in [0.25, 0.3) is 5.91 Å². The zero-order valence-electron chi connectivity index (χ0n) is 12.6. The van der Waals surface area contributed by atoms with Gasteiger partial charge in [0.2, 0.25) is 0 Å². The molecule has 7 heteroatoms. The largest absolute Gasteiger partial charge is 0.493 e. The van der Waals surface area contributed by atoms with Gasteiger partial charge in [0.15, 0.2) is 17.2 Å². The van der Waals surface area contributed by atoms with E-state index in [0.29, 0.717) is 40.8 Å². The van der Waals surface area contributed by atoms with Gasteiger partial charge < -0.3 is 14.6 Å². The fraction of sp³-hybridized carbons (Fsp3) is 0.267. The minimum Gasteiger partial charge on any atom is -0.493 e. The number of nitrogens with zero attached hydrogens (tertiary/aromatic N) is 3. The van der Waals surface area contributed by atoms with E-state index in [1.54, 1.807) is 30.7 Å². The summed E-state index contributed by atoms with van der Waals surface area (Å²) in [6, 6.07) is 5.28. The number of carbonyl (C=O) groups is 1. The van der Waals surface area contributed by atoms with Crippen molar-refractivity contribution in [3.63, 3.8) is 0 Å². The van der Waals surface area contributed by atoms with Gasteiger partial charge in [0.05, 0.1) is 12.8 Å². The van der Waals surface area contributed by atoms with Crippen molar-refractivity contribution in [2.24, 2.45) is 0 Å². The van der Waals surface area contributed by atoms with Crippen molar-refractivity contribution in [3.05, 3.63) is 41.5 Å². The topological polar surface area (TPSA) is 81.7 Å². The van der Waals surface area contributed by atoms with Gasteiger partial charge >= 0.3 is 0 Å². The number of nitrogens with one attached hydrogen (secondary N) is 1. The molecule has 0 radical (unpaired) electrons. The fourth-order valence-corrected chi connectivity index (χ4v) is 2.34. The summed E-state index contributed by atoms with van der Waals surface area (Å²) in [6.07, 6.45) is 2.42. The van der Waals surface area contributed by atoms with Crippen LogP contribution in [0.2, 0.25) is 0 Å². The Morgan fingerprint density at radius 1 is 1.50 bits per heavy atom. The number of hydrogen-bond donors (Lipinski definition) is 1. The number of methoxy groups -OCH3 is 1. The number of pyridine rings is 1. The smallest absolute Gasteiger partial charge is 0.275 e. The molecule has 3 heterocycles. The number of imidazole rings is 1. The maximum atomic E-state index is 12.6. The number of carbonyl (C=O) groups excluding carboxylic acids is 1. The molecule has 0 unspecified atom stereocenters. The minimum atomic E-state index is -0.286. The molecule has 0 aliphatic carbocycles. The van der Waals surface area contributed by atoms with Crippen molar-refractivity contribution >= 4 is 17.4 Å². The number of anilines is 1. The SMILES string of the molecule is CCc1nc2c(OC)cccn2c1C(=O)Nc1cc(C)on1. The van der Waals surface area contributed by atoms with E-state index in [9.17, 15) is 4.79 Å². The summed E-state index contributed by atoms with van der Waals surface area (Å²) in [6.45, 7) is 3.71. The molecule has 22 heavy (non-hydrogen) atoms. The summed E-state index contributed by atoms with van der Waals surface area (Å²) in [5.74, 6) is 1.34. The molecule has 3 rings (SSSR count). The molecule has 0 saturated carbocycles. The molecule has 7 nitrogen and oxygen atoms in total. The normalized spacial score (nSPS) is 10.9. The first kappa shape index (κ1) is 14.1. The standard InChI is InChI=1S/C15H16N4O3/c1-4-10-13(15(20)17-12-8-9(2)22-18-12)19-7-5-6-11(21-3)14(19)16-10/h5-8H,4H2,1-3H3,(H,17,18,20). The van der Waals surface area contributed by atoms with Crippen molar-refractivity contribution in [1.82, 2.24) is 14.5 Å². The molecule has 114 valence electrons. The molecule has 0 fully saturated rings. The van der Waals surface area contributed by atoms with Crippen LogP contribution >= 0.6 is 0 Å². The first-order valence-electron chi connectivity index (χ1n) is 6.92. The van der Waals surface area contributed by atoms with E-state index in [1.165, 1.54) is 0 Å². The number of ether oxygens (including phenoxy) is 1. The summed E-state index contributed by atoms with van der Waals surface area (Å²) >= 11 is 0. The van der Waals surface area contributed by atoms with E-state index < -0.39 is 0 Å². The first-order valence-corrected chi connectivity index (χ1v) is 6.92. The second-order valence-corrected chi connectivity index (χ2v) is 4.81. The van der Waals surface area contributed by atoms with Gasteiger partial charge in [-0.1, -0.05) is 12.1 Å². The summed E-state index contributed by atoms with van der Waals surface area (Å²) in [7, 11) is 1.58. The Balaban J connectivity index is 2.06. The van der Waals surface area contributed by atoms with Crippen LogP contribution < -0.4 is 10.1 Å². The number of rotatable bonds is 4. The van der Waals surface area contributed by atoms with Gasteiger partial charge in [0, 0.05) is 12.3 Å². The number of aryl methyl sites for hydroxylation is 2. The molecule has 0 aliphatic rings. The average molecular weight is 300 g/mol. The van der Waals surface area contributed by atoms with Crippen LogP contribution in [0.25, 0.3) is 5.65 Å². The van der Waals surface area contributed by atoms with Crippen molar-refractivity contribution < 1.29 is 14.1 Å². The van der Waals surface area contributed by atoms with E-state index in [0.717, 1.165) is 0 Å². The molecule has 0 bridgehead atoms. The average Bonchev–Trinajstić information content (AvgIpc) is 3.09. The van der Waals surface area contributed by atoms with Crippen molar-refractivity contribution in [2.45, 2.75) is 20.3 Å². The summed E-state index contributed by atoms with van der Waals surface area (Å²) in [5.41, 5.74) is 1.78. The Morgan fingerprint density at radius 2 is 2.32 bits per heavy atom. The van der Waals surface area contributed by atoms with Crippen LogP contribution in [0, 0.1) is 6.92 Å². The minimum absolute atomic E-state index is 0.286. The van der Waals surface area contributed by atoms with Crippen LogP contribution in [0.5, 0.6) is 5.75 Å². The molecule has 0 atom stereocenters. The van der Waals surface area contributed by atoms with Crippen molar-refractivity contribution in [3.8, 4) is 5.75 Å². The van der Waals surface area contributed by atoms with Crippen LogP contribution in [0.1, 0.15) is 28.9 Å². The van der Waals surface area contributed by atoms with Crippen molar-refractivity contribution in [1.29, 1.82) is 0 Å². The molecule has 1 N–H and O–H groups in total. The molecule has 0 aromatic carbocycles. The molecule has 1 amide bonds. The molecule has 0 saturated heterocycles. The maximum absolute atomic E-state index is 12.6. The Morgan fingerprint density at radius 3 is 2.95 bits per heavy atom. The summed E-state index contributed by atoms with van der Waals surface area (Å²) in [5, 5.41) is 6.50. The zero-order chi connectivity index (χ0) is 15.7. The Hall–Kier alpha value is -2.83. The van der Waals surface area contributed by atoms with Crippen LogP contribution in [0.15, 0.2) is 28.9 Å². The van der Waals surface area contributed by atoms with E-state index in [-0.39, 0.29) is 5.91 Å². The molecule has 0 spiro atoms. The second kappa shape index (κ2) is 5.51. The molecule has 3 aromatic heterocycles. The maximum Gasteiger partial charge on any atom is 0.275 e. The van der Waals surface area contributed by atoms with Crippen LogP contribution in [-0.4, -0.2) is 27.6 Å². The fourth-order valence-electron chi connectivity index (χ4n) is 2.34. The van der Waals surface area contributed by atoms with Gasteiger partial charge in [-0.05, 0) is 25.5 Å². The van der Waals surface area contributed by atoms with Gasteiger partial charge in [0.1, 0.15) is 11.5 Å². The molecule has 3 aromatic rings. The summed E-state index contributed by atoms with van der Waals surface area (Å²) < 4.78 is 12.0. The van der Waals surface area contributed by atoms with E-state index in [4.69, 9.17) is 9.26 Å².